The molecule has 4 rings (SSSR count). The molecule has 3 heterocycles. The van der Waals surface area contributed by atoms with Gasteiger partial charge in [0, 0.05) is 23.4 Å². The van der Waals surface area contributed by atoms with Crippen LogP contribution in [0.2, 0.25) is 11.0 Å². The highest BCUT2D eigenvalue weighted by Gasteiger charge is 2.46. The van der Waals surface area contributed by atoms with Gasteiger partial charge < -0.3 is 25.3 Å². The number of rotatable bonds is 5. The quantitative estimate of drug-likeness (QED) is 0.433. The summed E-state index contributed by atoms with van der Waals surface area (Å²) in [5, 5.41) is 33.3. The summed E-state index contributed by atoms with van der Waals surface area (Å²) in [5.74, 6) is -0.330. The van der Waals surface area contributed by atoms with E-state index in [2.05, 4.69) is 44.8 Å². The fourth-order valence-electron chi connectivity index (χ4n) is 6.67. The number of hydrogen-bond donors (Lipinski definition) is 4. The molecule has 39 heavy (non-hydrogen) atoms. The van der Waals surface area contributed by atoms with Crippen molar-refractivity contribution in [3.8, 4) is 6.07 Å². The van der Waals surface area contributed by atoms with Crippen LogP contribution in [0.15, 0.2) is 24.1 Å². The smallest absolute Gasteiger partial charge is 0.291 e. The number of H-pyrrole nitrogens is 1. The highest BCUT2D eigenvalue weighted by molar-refractivity contribution is 6.47. The number of ether oxygens (including phenoxy) is 1. The van der Waals surface area contributed by atoms with E-state index in [-0.39, 0.29) is 41.0 Å². The highest BCUT2D eigenvalue weighted by atomic mass is 16.5. The second-order valence-corrected chi connectivity index (χ2v) is 13.4. The van der Waals surface area contributed by atoms with Crippen molar-refractivity contribution in [2.24, 2.45) is 5.41 Å². The number of anilines is 1. The standard InChI is InChI=1S/C27H38B3N5O4/c1-24(2)12-27(29,30)18(20(37)21(24)28)19-17(35-23(38)22-32-11-15(10-31)33-22)7-6-16(34-19)14-8-25(3,4)39-26(5,9-14)13-36/h6-7,11,14,21,36-37H,8-9,12-13,28-30H2,1-5H3,(H,32,33)(H,35,38). The largest absolute Gasteiger partial charge is 0.512 e. The topological polar surface area (TPSA) is 144 Å². The molecule has 1 aliphatic heterocycles. The van der Waals surface area contributed by atoms with Gasteiger partial charge in [-0.25, -0.2) is 4.98 Å². The van der Waals surface area contributed by atoms with Crippen molar-refractivity contribution in [2.45, 2.75) is 82.0 Å². The number of nitrogens with zero attached hydrogens (tertiary/aromatic N) is 3. The zero-order valence-electron chi connectivity index (χ0n) is 24.3. The van der Waals surface area contributed by atoms with Crippen LogP contribution in [0.5, 0.6) is 0 Å². The first-order valence-electron chi connectivity index (χ1n) is 13.5. The van der Waals surface area contributed by atoms with E-state index >= 15 is 0 Å². The van der Waals surface area contributed by atoms with Crippen LogP contribution in [0.4, 0.5) is 5.69 Å². The summed E-state index contributed by atoms with van der Waals surface area (Å²) < 4.78 is 6.21. The number of aromatic nitrogens is 3. The summed E-state index contributed by atoms with van der Waals surface area (Å²) in [6, 6.07) is 5.63. The van der Waals surface area contributed by atoms with Crippen molar-refractivity contribution in [2.75, 3.05) is 11.9 Å². The number of nitrogens with one attached hydrogen (secondary N) is 2. The Kier molecular flexibility index (Phi) is 7.33. The number of hydrogen-bond acceptors (Lipinski definition) is 7. The van der Waals surface area contributed by atoms with Gasteiger partial charge in [0.25, 0.3) is 5.91 Å². The summed E-state index contributed by atoms with van der Waals surface area (Å²) >= 11 is 0. The third kappa shape index (κ3) is 5.66. The predicted molar refractivity (Wildman–Crippen MR) is 158 cm³/mol. The fourth-order valence-corrected chi connectivity index (χ4v) is 6.67. The molecule has 4 N–H and O–H groups in total. The maximum Gasteiger partial charge on any atom is 0.291 e. The Hall–Kier alpha value is -3.03. The van der Waals surface area contributed by atoms with Gasteiger partial charge >= 0.3 is 0 Å². The second-order valence-electron chi connectivity index (χ2n) is 13.4. The van der Waals surface area contributed by atoms with Crippen LogP contribution in [0.1, 0.15) is 87.5 Å². The first-order chi connectivity index (χ1) is 18.0. The van der Waals surface area contributed by atoms with E-state index in [9.17, 15) is 15.0 Å². The Bertz CT molecular complexity index is 1360. The number of nitriles is 1. The van der Waals surface area contributed by atoms with Crippen LogP contribution < -0.4 is 5.32 Å². The maximum atomic E-state index is 13.1. The Morgan fingerprint density at radius 1 is 1.23 bits per heavy atom. The molecule has 3 unspecified atom stereocenters. The second kappa shape index (κ2) is 9.86. The molecule has 2 aliphatic rings. The average molecular weight is 529 g/mol. The lowest BCUT2D eigenvalue weighted by atomic mass is 9.40. The van der Waals surface area contributed by atoms with Crippen LogP contribution in [0.3, 0.4) is 0 Å². The van der Waals surface area contributed by atoms with Crippen molar-refractivity contribution >= 4 is 40.7 Å². The lowest BCUT2D eigenvalue weighted by molar-refractivity contribution is -0.187. The van der Waals surface area contributed by atoms with Crippen LogP contribution in [0, 0.1) is 16.7 Å². The molecule has 204 valence electrons. The first-order valence-corrected chi connectivity index (χ1v) is 13.5. The van der Waals surface area contributed by atoms with Crippen molar-refractivity contribution in [1.29, 1.82) is 5.26 Å². The average Bonchev–Trinajstić information content (AvgIpc) is 3.31. The zero-order valence-corrected chi connectivity index (χ0v) is 24.3. The van der Waals surface area contributed by atoms with Crippen LogP contribution >= 0.6 is 0 Å². The molecule has 1 aliphatic carbocycles. The molecule has 0 aromatic carbocycles. The number of aliphatic hydroxyl groups excluding tert-OH is 2. The number of amides is 1. The minimum Gasteiger partial charge on any atom is -0.512 e. The highest BCUT2D eigenvalue weighted by Crippen LogP contribution is 2.58. The first kappa shape index (κ1) is 29.0. The van der Waals surface area contributed by atoms with Crippen LogP contribution in [-0.4, -0.2) is 72.4 Å². The van der Waals surface area contributed by atoms with E-state index in [4.69, 9.17) is 15.0 Å². The summed E-state index contributed by atoms with van der Waals surface area (Å²) in [5.41, 5.74) is 1.32. The molecule has 1 fully saturated rings. The number of allylic oxidation sites excluding steroid dienone is 2. The lowest BCUT2D eigenvalue weighted by Crippen LogP contribution is -2.48. The minimum absolute atomic E-state index is 0.000900. The fraction of sp³-hybridized carbons (Fsp3) is 0.556. The third-order valence-corrected chi connectivity index (χ3v) is 8.41. The van der Waals surface area contributed by atoms with Crippen LogP contribution in [0.25, 0.3) is 5.57 Å². The summed E-state index contributed by atoms with van der Waals surface area (Å²) in [4.78, 5) is 25.0. The van der Waals surface area contributed by atoms with E-state index in [1.165, 1.54) is 6.20 Å². The molecule has 0 spiro atoms. The predicted octanol–water partition coefficient (Wildman–Crippen LogP) is 1.86. The third-order valence-electron chi connectivity index (χ3n) is 8.41. The molecule has 2 aromatic rings. The number of carbonyl (C=O) groups excluding carboxylic acids is 1. The molecule has 0 saturated carbocycles. The van der Waals surface area contributed by atoms with Gasteiger partial charge in [-0.05, 0) is 57.0 Å². The summed E-state index contributed by atoms with van der Waals surface area (Å²) in [7, 11) is 6.21. The molecular formula is C27H38B3N5O4. The number of pyridine rings is 1. The van der Waals surface area contributed by atoms with Gasteiger partial charge in [0.1, 0.15) is 29.6 Å². The monoisotopic (exact) mass is 529 g/mol. The van der Waals surface area contributed by atoms with E-state index in [0.29, 0.717) is 29.8 Å². The summed E-state index contributed by atoms with van der Waals surface area (Å²) in [6.45, 7) is 10.2. The van der Waals surface area contributed by atoms with Gasteiger partial charge in [-0.15, -0.1) is 0 Å². The van der Waals surface area contributed by atoms with E-state index in [0.717, 1.165) is 12.1 Å². The SMILES string of the molecule is BC1C(O)=C(c2nc(C3CC(C)(C)OC(C)(CO)C3)ccc2NC(=O)c2nc(C#N)c[nH]2)C(B)(B)CC1(C)C. The number of aromatic amines is 1. The maximum absolute atomic E-state index is 13.1. The molecular weight excluding hydrogens is 491 g/mol. The molecule has 1 amide bonds. The summed E-state index contributed by atoms with van der Waals surface area (Å²) in [6.07, 6.45) is 3.50. The van der Waals surface area contributed by atoms with Gasteiger partial charge in [-0.1, -0.05) is 25.5 Å². The van der Waals surface area contributed by atoms with Crippen molar-refractivity contribution in [3.05, 3.63) is 47.0 Å². The van der Waals surface area contributed by atoms with Gasteiger partial charge in [0.2, 0.25) is 0 Å². The number of aliphatic hydroxyl groups is 2. The Labute approximate surface area is 233 Å². The van der Waals surface area contributed by atoms with Gasteiger partial charge in [0.15, 0.2) is 11.5 Å². The van der Waals surface area contributed by atoms with Crippen molar-refractivity contribution in [1.82, 2.24) is 15.0 Å². The minimum atomic E-state index is -0.705. The molecule has 12 heteroatoms. The molecule has 1 saturated heterocycles. The molecule has 2 aromatic heterocycles. The van der Waals surface area contributed by atoms with Crippen molar-refractivity contribution in [3.63, 3.8) is 0 Å². The zero-order chi connectivity index (χ0) is 29.0. The van der Waals surface area contributed by atoms with Gasteiger partial charge in [0.05, 0.1) is 34.9 Å². The number of carbonyl (C=O) groups is 1. The van der Waals surface area contributed by atoms with E-state index < -0.39 is 22.3 Å². The van der Waals surface area contributed by atoms with Gasteiger partial charge in [-0.2, -0.15) is 5.26 Å². The Morgan fingerprint density at radius 3 is 2.54 bits per heavy atom. The van der Waals surface area contributed by atoms with E-state index in [1.54, 1.807) is 0 Å². The Balaban J connectivity index is 1.85. The molecule has 0 radical (unpaired) electrons. The molecule has 0 bridgehead atoms. The lowest BCUT2D eigenvalue weighted by Gasteiger charge is -2.47. The van der Waals surface area contributed by atoms with Crippen molar-refractivity contribution < 1.29 is 19.7 Å². The van der Waals surface area contributed by atoms with Gasteiger partial charge in [-0.3, -0.25) is 9.78 Å². The normalized spacial score (nSPS) is 27.5. The van der Waals surface area contributed by atoms with E-state index in [1.807, 2.05) is 46.8 Å². The molecule has 9 nitrogen and oxygen atoms in total. The van der Waals surface area contributed by atoms with Crippen LogP contribution in [-0.2, 0) is 4.74 Å². The number of imidazole rings is 1. The Morgan fingerprint density at radius 2 is 1.92 bits per heavy atom. The molecule has 3 atom stereocenters.